The first-order valence-corrected chi connectivity index (χ1v) is 13.8. The molecular weight excluding hydrogens is 592 g/mol. The van der Waals surface area contributed by atoms with Crippen molar-refractivity contribution in [2.24, 2.45) is 0 Å². The molecule has 19 heteroatoms. The van der Waals surface area contributed by atoms with E-state index in [1.807, 2.05) is 0 Å². The first-order valence-electron chi connectivity index (χ1n) is 13.8. The number of rotatable bonds is 10. The van der Waals surface area contributed by atoms with Gasteiger partial charge in [-0.2, -0.15) is 0 Å². The highest BCUT2D eigenvalue weighted by atomic mass is 16.8. The van der Waals surface area contributed by atoms with Gasteiger partial charge in [-0.1, -0.05) is 0 Å². The highest BCUT2D eigenvalue weighted by Gasteiger charge is 2.56. The Morgan fingerprint density at radius 3 is 1.40 bits per heavy atom. The predicted molar refractivity (Wildman–Crippen MR) is 131 cm³/mol. The van der Waals surface area contributed by atoms with Crippen LogP contribution in [0.3, 0.4) is 0 Å². The van der Waals surface area contributed by atoms with Crippen LogP contribution in [-0.4, -0.2) is 204 Å². The number of ether oxygens (including phenoxy) is 7. The van der Waals surface area contributed by atoms with Crippen LogP contribution in [0.15, 0.2) is 0 Å². The van der Waals surface area contributed by atoms with Crippen molar-refractivity contribution in [3.8, 4) is 0 Å². The molecule has 4 saturated heterocycles. The van der Waals surface area contributed by atoms with E-state index >= 15 is 0 Å². The van der Waals surface area contributed by atoms with Crippen LogP contribution in [0, 0.1) is 0 Å². The normalized spacial score (nSPS) is 52.8. The maximum absolute atomic E-state index is 11.1. The van der Waals surface area contributed by atoms with E-state index < -0.39 is 143 Å². The highest BCUT2D eigenvalue weighted by molar-refractivity contribution is 4.98. The fourth-order valence-corrected chi connectivity index (χ4v) is 5.50. The molecule has 0 unspecified atom stereocenters. The smallest absolute Gasteiger partial charge is 0.187 e. The van der Waals surface area contributed by atoms with E-state index in [1.165, 1.54) is 6.92 Å². The van der Waals surface area contributed by atoms with Gasteiger partial charge in [-0.25, -0.2) is 0 Å². The largest absolute Gasteiger partial charge is 0.394 e. The van der Waals surface area contributed by atoms with Gasteiger partial charge in [-0.15, -0.1) is 0 Å². The molecule has 0 amide bonds. The van der Waals surface area contributed by atoms with E-state index in [4.69, 9.17) is 33.2 Å². The second kappa shape index (κ2) is 14.8. The monoisotopic (exact) mass is 634 g/mol. The van der Waals surface area contributed by atoms with E-state index in [-0.39, 0.29) is 0 Å². The Kier molecular flexibility index (Phi) is 12.1. The first kappa shape index (κ1) is 35.1. The molecule has 4 rings (SSSR count). The van der Waals surface area contributed by atoms with Gasteiger partial charge in [0.15, 0.2) is 18.9 Å². The SMILES string of the molecule is C[C@@H]1O[C@H](O[C@H]2[C@@H](O[C@H]3[C@H](O)[C@@H](CO)O[C@@H]3CO)O[C@H](CO)[C@H](O)[C@@H]2O[C@@H]2O[C@H](CO)[C@@H](O)[C@H](O)[C@@H]2O)[C@@H](O)[C@H](O)[C@@H]1O. The lowest BCUT2D eigenvalue weighted by molar-refractivity contribution is -0.395. The third kappa shape index (κ3) is 7.00. The summed E-state index contributed by atoms with van der Waals surface area (Å²) < 4.78 is 39.5. The molecule has 0 aromatic rings. The van der Waals surface area contributed by atoms with Crippen LogP contribution in [0.5, 0.6) is 0 Å². The molecule has 19 nitrogen and oxygen atoms in total. The minimum Gasteiger partial charge on any atom is -0.394 e. The van der Waals surface area contributed by atoms with Crippen LogP contribution in [-0.2, 0) is 33.2 Å². The highest BCUT2D eigenvalue weighted by Crippen LogP contribution is 2.36. The lowest BCUT2D eigenvalue weighted by Crippen LogP contribution is -2.67. The molecule has 0 bridgehead atoms. The zero-order chi connectivity index (χ0) is 31.7. The van der Waals surface area contributed by atoms with Crippen molar-refractivity contribution >= 4 is 0 Å². The Morgan fingerprint density at radius 2 is 0.814 bits per heavy atom. The summed E-state index contributed by atoms with van der Waals surface area (Å²) in [5.74, 6) is 0. The van der Waals surface area contributed by atoms with Gasteiger partial charge >= 0.3 is 0 Å². The van der Waals surface area contributed by atoms with Crippen molar-refractivity contribution in [2.45, 2.75) is 123 Å². The fourth-order valence-electron chi connectivity index (χ4n) is 5.50. The van der Waals surface area contributed by atoms with Crippen LogP contribution in [0.4, 0.5) is 0 Å². The summed E-state index contributed by atoms with van der Waals surface area (Å²) in [5.41, 5.74) is 0. The fraction of sp³-hybridized carbons (Fsp3) is 1.00. The van der Waals surface area contributed by atoms with E-state index in [2.05, 4.69) is 0 Å². The summed E-state index contributed by atoms with van der Waals surface area (Å²) in [4.78, 5) is 0. The van der Waals surface area contributed by atoms with Crippen LogP contribution >= 0.6 is 0 Å². The molecule has 0 saturated carbocycles. The predicted octanol–water partition coefficient (Wildman–Crippen LogP) is -8.04. The van der Waals surface area contributed by atoms with Gasteiger partial charge in [0.05, 0.1) is 32.5 Å². The van der Waals surface area contributed by atoms with E-state index in [9.17, 15) is 61.3 Å². The molecule has 4 fully saturated rings. The molecule has 4 aliphatic rings. The van der Waals surface area contributed by atoms with Gasteiger partial charge in [0, 0.05) is 0 Å². The molecule has 0 aromatic carbocycles. The maximum Gasteiger partial charge on any atom is 0.187 e. The lowest BCUT2D eigenvalue weighted by Gasteiger charge is -2.49. The topological polar surface area (TPSA) is 307 Å². The van der Waals surface area contributed by atoms with Crippen LogP contribution in [0.2, 0.25) is 0 Å². The summed E-state index contributed by atoms with van der Waals surface area (Å²) in [7, 11) is 0. The molecule has 0 spiro atoms. The average Bonchev–Trinajstić information content (AvgIpc) is 3.31. The number of hydrogen-bond donors (Lipinski definition) is 12. The first-order chi connectivity index (χ1) is 20.4. The van der Waals surface area contributed by atoms with Crippen LogP contribution < -0.4 is 0 Å². The Bertz CT molecular complexity index is 866. The van der Waals surface area contributed by atoms with Crippen molar-refractivity contribution in [1.29, 1.82) is 0 Å². The summed E-state index contributed by atoms with van der Waals surface area (Å²) >= 11 is 0. The van der Waals surface area contributed by atoms with Gasteiger partial charge in [0.1, 0.15) is 91.6 Å². The summed E-state index contributed by atoms with van der Waals surface area (Å²) in [6, 6.07) is 0. The standard InChI is InChI=1S/C24H42O19/c1-6-11(29)15(33)17(35)22(37-6)43-21-20(42-23-18(36)16(34)12(30)7(2-25)39-23)14(32)9(4-27)40-24(21)41-19-10(5-28)38-8(3-26)13(19)31/h6-36H,2-5H2,1H3/t6-,7+,8+,9+,10+,11+,12+,13+,14-,15+,16-,17-,18-,19+,20-,21+,22+,23-,24+/m0/s1. The molecule has 43 heavy (non-hydrogen) atoms. The zero-order valence-electron chi connectivity index (χ0n) is 23.0. The Hall–Kier alpha value is -0.760. The molecule has 19 atom stereocenters. The van der Waals surface area contributed by atoms with Crippen LogP contribution in [0.1, 0.15) is 6.92 Å². The Morgan fingerprint density at radius 1 is 0.395 bits per heavy atom. The molecule has 252 valence electrons. The molecule has 4 heterocycles. The van der Waals surface area contributed by atoms with Crippen molar-refractivity contribution in [2.75, 3.05) is 26.4 Å². The molecule has 0 radical (unpaired) electrons. The maximum atomic E-state index is 11.1. The second-order valence-electron chi connectivity index (χ2n) is 11.0. The minimum atomic E-state index is -1.94. The van der Waals surface area contributed by atoms with Gasteiger partial charge in [0.2, 0.25) is 0 Å². The van der Waals surface area contributed by atoms with Crippen molar-refractivity contribution < 1.29 is 94.4 Å². The van der Waals surface area contributed by atoms with Gasteiger partial charge in [0.25, 0.3) is 0 Å². The van der Waals surface area contributed by atoms with Gasteiger partial charge < -0.3 is 94.4 Å². The quantitative estimate of drug-likeness (QED) is 0.106. The summed E-state index contributed by atoms with van der Waals surface area (Å²) in [6.07, 6.45) is -30.7. The Balaban J connectivity index is 1.68. The van der Waals surface area contributed by atoms with Gasteiger partial charge in [-0.05, 0) is 6.92 Å². The lowest BCUT2D eigenvalue weighted by atomic mass is 9.96. The van der Waals surface area contributed by atoms with Crippen molar-refractivity contribution in [1.82, 2.24) is 0 Å². The summed E-state index contributed by atoms with van der Waals surface area (Å²) in [6.45, 7) is -1.61. The summed E-state index contributed by atoms with van der Waals surface area (Å²) in [5, 5.41) is 123. The van der Waals surface area contributed by atoms with Crippen molar-refractivity contribution in [3.63, 3.8) is 0 Å². The molecular formula is C24H42O19. The molecule has 4 aliphatic heterocycles. The number of aliphatic hydroxyl groups excluding tert-OH is 12. The van der Waals surface area contributed by atoms with E-state index in [0.29, 0.717) is 0 Å². The third-order valence-corrected chi connectivity index (χ3v) is 8.12. The second-order valence-corrected chi connectivity index (χ2v) is 11.0. The number of aliphatic hydroxyl groups is 12. The minimum absolute atomic E-state index is 0.649. The molecule has 12 N–H and O–H groups in total. The number of hydrogen-bond acceptors (Lipinski definition) is 19. The van der Waals surface area contributed by atoms with Crippen molar-refractivity contribution in [3.05, 3.63) is 0 Å². The average molecular weight is 635 g/mol. The van der Waals surface area contributed by atoms with E-state index in [0.717, 1.165) is 0 Å². The molecule has 0 aliphatic carbocycles. The Labute approximate surface area is 244 Å². The molecule has 0 aromatic heterocycles. The van der Waals surface area contributed by atoms with E-state index in [1.54, 1.807) is 0 Å². The third-order valence-electron chi connectivity index (χ3n) is 8.12. The van der Waals surface area contributed by atoms with Gasteiger partial charge in [-0.3, -0.25) is 0 Å². The zero-order valence-corrected chi connectivity index (χ0v) is 23.0. The van der Waals surface area contributed by atoms with Crippen LogP contribution in [0.25, 0.3) is 0 Å².